The Morgan fingerprint density at radius 3 is 2.83 bits per heavy atom. The van der Waals surface area contributed by atoms with Crippen molar-refractivity contribution in [3.8, 4) is 6.07 Å². The van der Waals surface area contributed by atoms with Gasteiger partial charge in [-0.05, 0) is 31.9 Å². The van der Waals surface area contributed by atoms with Crippen molar-refractivity contribution in [1.82, 2.24) is 4.98 Å². The minimum Gasteiger partial charge on any atom is -0.378 e. The summed E-state index contributed by atoms with van der Waals surface area (Å²) in [4.78, 5) is 5.45. The van der Waals surface area contributed by atoms with Crippen molar-refractivity contribution in [1.29, 1.82) is 5.26 Å². The first-order chi connectivity index (χ1) is 11.3. The van der Waals surface area contributed by atoms with Gasteiger partial charge < -0.3 is 14.4 Å². The summed E-state index contributed by atoms with van der Waals surface area (Å²) in [7, 11) is 0. The summed E-state index contributed by atoms with van der Waals surface area (Å²) in [5.41, 5.74) is -1.42. The van der Waals surface area contributed by atoms with E-state index in [9.17, 15) is 18.4 Å². The molecule has 0 saturated carbocycles. The largest absolute Gasteiger partial charge is 0.433 e. The van der Waals surface area contributed by atoms with E-state index in [0.717, 1.165) is 18.9 Å². The van der Waals surface area contributed by atoms with Gasteiger partial charge in [0.1, 0.15) is 23.2 Å². The minimum atomic E-state index is -4.55. The maximum absolute atomic E-state index is 13.0. The molecule has 1 aromatic rings. The van der Waals surface area contributed by atoms with Crippen LogP contribution in [-0.4, -0.2) is 43.0 Å². The van der Waals surface area contributed by atoms with Crippen LogP contribution in [0.2, 0.25) is 0 Å². The zero-order valence-electron chi connectivity index (χ0n) is 13.3. The lowest BCUT2D eigenvalue weighted by Gasteiger charge is -2.47. The molecule has 0 radical (unpaired) electrons. The molecule has 0 aromatic carbocycles. The number of nitriles is 1. The number of hydrogen-bond acceptors (Lipinski definition) is 5. The molecular formula is C16H18F3N3O2. The summed E-state index contributed by atoms with van der Waals surface area (Å²) in [5.74, 6) is 0.0624. The fourth-order valence-electron chi connectivity index (χ4n) is 3.36. The van der Waals surface area contributed by atoms with Crippen LogP contribution in [-0.2, 0) is 15.7 Å². The molecule has 3 rings (SSSR count). The van der Waals surface area contributed by atoms with Crippen molar-refractivity contribution in [3.05, 3.63) is 23.4 Å². The van der Waals surface area contributed by atoms with E-state index < -0.39 is 17.5 Å². The average Bonchev–Trinajstić information content (AvgIpc) is 2.53. The highest BCUT2D eigenvalue weighted by molar-refractivity contribution is 5.55. The third-order valence-corrected chi connectivity index (χ3v) is 4.28. The highest BCUT2D eigenvalue weighted by atomic mass is 19.4. The molecular weight excluding hydrogens is 323 g/mol. The molecule has 0 unspecified atom stereocenters. The van der Waals surface area contributed by atoms with Crippen LogP contribution in [0.5, 0.6) is 0 Å². The number of ether oxygens (including phenoxy) is 2. The first kappa shape index (κ1) is 17.0. The molecule has 0 amide bonds. The molecule has 1 spiro atoms. The van der Waals surface area contributed by atoms with E-state index >= 15 is 0 Å². The summed E-state index contributed by atoms with van der Waals surface area (Å²) in [5, 5.41) is 9.26. The molecule has 2 saturated heterocycles. The van der Waals surface area contributed by atoms with Gasteiger partial charge >= 0.3 is 6.18 Å². The SMILES string of the molecule is C[C@H]1CN(c2nc(C(F)(F)F)ccc2C#N)C[C@]2(CCCOC2)O1. The molecule has 2 aliphatic heterocycles. The van der Waals surface area contributed by atoms with Crippen molar-refractivity contribution in [2.45, 2.75) is 37.6 Å². The van der Waals surface area contributed by atoms with Crippen LogP contribution in [0.15, 0.2) is 12.1 Å². The molecule has 0 aliphatic carbocycles. The summed E-state index contributed by atoms with van der Waals surface area (Å²) < 4.78 is 50.5. The van der Waals surface area contributed by atoms with Gasteiger partial charge in [0.25, 0.3) is 0 Å². The Labute approximate surface area is 138 Å². The monoisotopic (exact) mass is 341 g/mol. The first-order valence-electron chi connectivity index (χ1n) is 7.82. The van der Waals surface area contributed by atoms with Gasteiger partial charge in [-0.2, -0.15) is 18.4 Å². The van der Waals surface area contributed by atoms with Crippen LogP contribution in [0.25, 0.3) is 0 Å². The van der Waals surface area contributed by atoms with Crippen molar-refractivity contribution in [3.63, 3.8) is 0 Å². The molecule has 5 nitrogen and oxygen atoms in total. The molecule has 2 aliphatic rings. The zero-order valence-corrected chi connectivity index (χ0v) is 13.3. The Balaban J connectivity index is 1.96. The second-order valence-electron chi connectivity index (χ2n) is 6.33. The molecule has 130 valence electrons. The van der Waals surface area contributed by atoms with E-state index in [1.54, 1.807) is 4.90 Å². The summed E-state index contributed by atoms with van der Waals surface area (Å²) in [6.45, 7) is 3.66. The Hall–Kier alpha value is -1.85. The number of halogens is 3. The number of pyridine rings is 1. The van der Waals surface area contributed by atoms with Gasteiger partial charge in [0.15, 0.2) is 0 Å². The number of aromatic nitrogens is 1. The lowest BCUT2D eigenvalue weighted by molar-refractivity contribution is -0.160. The fraction of sp³-hybridized carbons (Fsp3) is 0.625. The first-order valence-corrected chi connectivity index (χ1v) is 7.82. The second-order valence-corrected chi connectivity index (χ2v) is 6.33. The summed E-state index contributed by atoms with van der Waals surface area (Å²) in [6, 6.07) is 3.95. The van der Waals surface area contributed by atoms with Crippen molar-refractivity contribution >= 4 is 5.82 Å². The minimum absolute atomic E-state index is 0.0624. The van der Waals surface area contributed by atoms with Crippen LogP contribution in [0.1, 0.15) is 31.0 Å². The Bertz CT molecular complexity index is 651. The summed E-state index contributed by atoms with van der Waals surface area (Å²) >= 11 is 0. The lowest BCUT2D eigenvalue weighted by atomic mass is 9.93. The Kier molecular flexibility index (Phi) is 4.40. The van der Waals surface area contributed by atoms with Gasteiger partial charge in [0, 0.05) is 13.2 Å². The van der Waals surface area contributed by atoms with Crippen LogP contribution in [0, 0.1) is 11.3 Å². The lowest BCUT2D eigenvalue weighted by Crippen LogP contribution is -2.59. The normalized spacial score (nSPS) is 28.0. The molecule has 1 aromatic heterocycles. The quantitative estimate of drug-likeness (QED) is 0.786. The predicted molar refractivity (Wildman–Crippen MR) is 79.5 cm³/mol. The highest BCUT2D eigenvalue weighted by Crippen LogP contribution is 2.35. The Morgan fingerprint density at radius 1 is 1.42 bits per heavy atom. The number of morpholine rings is 1. The number of hydrogen-bond donors (Lipinski definition) is 0. The van der Waals surface area contributed by atoms with Crippen LogP contribution in [0.3, 0.4) is 0 Å². The molecule has 3 heterocycles. The number of nitrogens with zero attached hydrogens (tertiary/aromatic N) is 3. The van der Waals surface area contributed by atoms with Gasteiger partial charge in [-0.3, -0.25) is 0 Å². The molecule has 0 N–H and O–H groups in total. The Morgan fingerprint density at radius 2 is 2.21 bits per heavy atom. The molecule has 2 fully saturated rings. The number of rotatable bonds is 1. The van der Waals surface area contributed by atoms with Gasteiger partial charge in [-0.25, -0.2) is 4.98 Å². The van der Waals surface area contributed by atoms with E-state index in [1.807, 2.05) is 13.0 Å². The third kappa shape index (κ3) is 3.32. The maximum atomic E-state index is 13.0. The zero-order chi connectivity index (χ0) is 17.4. The van der Waals surface area contributed by atoms with E-state index in [1.165, 1.54) is 6.07 Å². The van der Waals surface area contributed by atoms with Crippen LogP contribution in [0.4, 0.5) is 19.0 Å². The van der Waals surface area contributed by atoms with Gasteiger partial charge in [-0.1, -0.05) is 0 Å². The van der Waals surface area contributed by atoms with E-state index in [4.69, 9.17) is 9.47 Å². The molecule has 0 bridgehead atoms. The fourth-order valence-corrected chi connectivity index (χ4v) is 3.36. The number of anilines is 1. The topological polar surface area (TPSA) is 58.4 Å². The third-order valence-electron chi connectivity index (χ3n) is 4.28. The molecule has 24 heavy (non-hydrogen) atoms. The molecule has 2 atom stereocenters. The van der Waals surface area contributed by atoms with Gasteiger partial charge in [0.2, 0.25) is 0 Å². The van der Waals surface area contributed by atoms with Crippen molar-refractivity contribution in [2.75, 3.05) is 31.2 Å². The van der Waals surface area contributed by atoms with Gasteiger partial charge in [0.05, 0.1) is 24.8 Å². The van der Waals surface area contributed by atoms with Gasteiger partial charge in [-0.15, -0.1) is 0 Å². The van der Waals surface area contributed by atoms with E-state index in [-0.39, 0.29) is 17.5 Å². The van der Waals surface area contributed by atoms with E-state index in [0.29, 0.717) is 26.3 Å². The smallest absolute Gasteiger partial charge is 0.378 e. The van der Waals surface area contributed by atoms with Crippen molar-refractivity contribution < 1.29 is 22.6 Å². The average molecular weight is 341 g/mol. The maximum Gasteiger partial charge on any atom is 0.433 e. The van der Waals surface area contributed by atoms with Crippen LogP contribution < -0.4 is 4.90 Å². The number of alkyl halides is 3. The van der Waals surface area contributed by atoms with E-state index in [2.05, 4.69) is 4.98 Å². The standard InChI is InChI=1S/C16H18F3N3O2/c1-11-8-22(9-15(24-11)5-2-6-23-10-15)14-12(7-20)3-4-13(21-14)16(17,18)19/h3-4,11H,2,5-6,8-10H2,1H3/t11-,15-/m0/s1. The predicted octanol–water partition coefficient (Wildman–Crippen LogP) is 2.75. The molecule has 8 heteroatoms. The summed E-state index contributed by atoms with van der Waals surface area (Å²) in [6.07, 6.45) is -3.13. The van der Waals surface area contributed by atoms with Crippen molar-refractivity contribution in [2.24, 2.45) is 0 Å². The van der Waals surface area contributed by atoms with Crippen LogP contribution >= 0.6 is 0 Å². The second kappa shape index (κ2) is 6.22. The highest BCUT2D eigenvalue weighted by Gasteiger charge is 2.42.